The molecule has 60 valence electrons. The van der Waals surface area contributed by atoms with Gasteiger partial charge in [0.25, 0.3) is 0 Å². The molecule has 11 heavy (non-hydrogen) atoms. The molecule has 0 spiro atoms. The van der Waals surface area contributed by atoms with Crippen molar-refractivity contribution in [3.63, 3.8) is 0 Å². The smallest absolute Gasteiger partial charge is 0.0667 e. The van der Waals surface area contributed by atoms with Gasteiger partial charge < -0.3 is 10.2 Å². The van der Waals surface area contributed by atoms with Crippen molar-refractivity contribution in [2.75, 3.05) is 19.8 Å². The van der Waals surface area contributed by atoms with Crippen LogP contribution in [0.1, 0.15) is 6.42 Å². The molecule has 2 heterocycles. The first-order valence-electron chi connectivity index (χ1n) is 3.92. The Kier molecular flexibility index (Phi) is 1.81. The molecule has 0 amide bonds. The summed E-state index contributed by atoms with van der Waals surface area (Å²) in [5.74, 6) is 0. The third kappa shape index (κ3) is 1.38. The molecule has 0 unspecified atom stereocenters. The van der Waals surface area contributed by atoms with E-state index in [0.29, 0.717) is 0 Å². The molecule has 2 rings (SSSR count). The van der Waals surface area contributed by atoms with Gasteiger partial charge in [-0.1, -0.05) is 0 Å². The molecule has 1 N–H and O–H groups in total. The van der Waals surface area contributed by atoms with Crippen LogP contribution in [0.3, 0.4) is 0 Å². The predicted molar refractivity (Wildman–Crippen MR) is 42.5 cm³/mol. The monoisotopic (exact) mass is 152 g/mol. The third-order valence-electron chi connectivity index (χ3n) is 1.92. The summed E-state index contributed by atoms with van der Waals surface area (Å²) < 4.78 is 5.21. The van der Waals surface area contributed by atoms with Crippen LogP contribution in [0.2, 0.25) is 0 Å². The number of rotatable bonds is 1. The Labute approximate surface area is 66.3 Å². The first-order chi connectivity index (χ1) is 5.47. The van der Waals surface area contributed by atoms with Crippen LogP contribution in [0.4, 0.5) is 0 Å². The van der Waals surface area contributed by atoms with Crippen molar-refractivity contribution in [1.29, 1.82) is 0 Å². The van der Waals surface area contributed by atoms with E-state index in [4.69, 9.17) is 4.74 Å². The maximum atomic E-state index is 5.21. The summed E-state index contributed by atoms with van der Waals surface area (Å²) >= 11 is 0. The molecule has 0 aromatic heterocycles. The minimum absolute atomic E-state index is 0.757. The molecule has 0 atom stereocenters. The Morgan fingerprint density at radius 3 is 3.18 bits per heavy atom. The Hall–Kier alpha value is -0.960. The molecule has 0 fully saturated rings. The number of nitrogens with zero attached hydrogens (tertiary/aromatic N) is 1. The number of hydrogen-bond acceptors (Lipinski definition) is 3. The average Bonchev–Trinajstić information content (AvgIpc) is 2.58. The SMILES string of the molecule is C1=CNN(C2=CCOCC2)C1. The highest BCUT2D eigenvalue weighted by atomic mass is 16.5. The third-order valence-corrected chi connectivity index (χ3v) is 1.92. The van der Waals surface area contributed by atoms with Gasteiger partial charge in [-0.25, -0.2) is 0 Å². The number of nitrogens with one attached hydrogen (secondary N) is 1. The van der Waals surface area contributed by atoms with Gasteiger partial charge in [0.15, 0.2) is 0 Å². The highest BCUT2D eigenvalue weighted by Crippen LogP contribution is 2.12. The topological polar surface area (TPSA) is 24.5 Å². The lowest BCUT2D eigenvalue weighted by Crippen LogP contribution is -2.31. The van der Waals surface area contributed by atoms with Crippen LogP contribution in [0, 0.1) is 0 Å². The maximum absolute atomic E-state index is 5.21. The second kappa shape index (κ2) is 2.96. The van der Waals surface area contributed by atoms with E-state index in [0.717, 1.165) is 26.2 Å². The van der Waals surface area contributed by atoms with Crippen LogP contribution in [-0.4, -0.2) is 24.8 Å². The summed E-state index contributed by atoms with van der Waals surface area (Å²) in [6, 6.07) is 0. The fraction of sp³-hybridized carbons (Fsp3) is 0.500. The summed E-state index contributed by atoms with van der Waals surface area (Å²) in [4.78, 5) is 0. The van der Waals surface area contributed by atoms with Gasteiger partial charge in [-0.2, -0.15) is 0 Å². The van der Waals surface area contributed by atoms with E-state index in [2.05, 4.69) is 22.6 Å². The van der Waals surface area contributed by atoms with Crippen LogP contribution in [0.5, 0.6) is 0 Å². The molecular weight excluding hydrogens is 140 g/mol. The molecule has 0 radical (unpaired) electrons. The molecule has 2 aliphatic heterocycles. The Balaban J connectivity index is 1.97. The molecule has 0 saturated carbocycles. The zero-order chi connectivity index (χ0) is 7.52. The van der Waals surface area contributed by atoms with Gasteiger partial charge in [0.05, 0.1) is 19.8 Å². The van der Waals surface area contributed by atoms with E-state index in [1.165, 1.54) is 5.70 Å². The minimum atomic E-state index is 0.757. The van der Waals surface area contributed by atoms with Crippen LogP contribution < -0.4 is 5.43 Å². The van der Waals surface area contributed by atoms with Gasteiger partial charge in [0, 0.05) is 18.3 Å². The first-order valence-corrected chi connectivity index (χ1v) is 3.92. The molecule has 2 aliphatic rings. The summed E-state index contributed by atoms with van der Waals surface area (Å²) in [6.07, 6.45) is 7.23. The lowest BCUT2D eigenvalue weighted by atomic mass is 10.2. The van der Waals surface area contributed by atoms with Gasteiger partial charge in [-0.15, -0.1) is 0 Å². The van der Waals surface area contributed by atoms with Gasteiger partial charge >= 0.3 is 0 Å². The van der Waals surface area contributed by atoms with Crippen molar-refractivity contribution >= 4 is 0 Å². The lowest BCUT2D eigenvalue weighted by molar-refractivity contribution is 0.138. The molecular formula is C8H12N2O. The van der Waals surface area contributed by atoms with E-state index in [9.17, 15) is 0 Å². The zero-order valence-electron chi connectivity index (χ0n) is 6.42. The first kappa shape index (κ1) is 6.73. The predicted octanol–water partition coefficient (Wildman–Crippen LogP) is 0.625. The normalized spacial score (nSPS) is 23.3. The Morgan fingerprint density at radius 2 is 2.55 bits per heavy atom. The van der Waals surface area contributed by atoms with E-state index < -0.39 is 0 Å². The standard InChI is InChI=1S/C8H12N2O/c1-4-9-10(5-1)8-2-6-11-7-3-8/h1-2,4,9H,3,5-7H2. The van der Waals surface area contributed by atoms with E-state index >= 15 is 0 Å². The highest BCUT2D eigenvalue weighted by molar-refractivity contribution is 5.07. The van der Waals surface area contributed by atoms with E-state index in [-0.39, 0.29) is 0 Å². The fourth-order valence-corrected chi connectivity index (χ4v) is 1.32. The molecule has 0 aromatic carbocycles. The summed E-state index contributed by atoms with van der Waals surface area (Å²) in [5, 5.41) is 2.14. The number of hydrazine groups is 1. The van der Waals surface area contributed by atoms with Crippen molar-refractivity contribution in [2.45, 2.75) is 6.42 Å². The average molecular weight is 152 g/mol. The number of ether oxygens (including phenoxy) is 1. The van der Waals surface area contributed by atoms with Gasteiger partial charge in [0.2, 0.25) is 0 Å². The largest absolute Gasteiger partial charge is 0.377 e. The number of hydrogen-bond donors (Lipinski definition) is 1. The van der Waals surface area contributed by atoms with E-state index in [1.54, 1.807) is 0 Å². The molecule has 0 aromatic rings. The molecule has 0 bridgehead atoms. The maximum Gasteiger partial charge on any atom is 0.0667 e. The lowest BCUT2D eigenvalue weighted by Gasteiger charge is -2.24. The van der Waals surface area contributed by atoms with Crippen LogP contribution in [-0.2, 0) is 4.74 Å². The van der Waals surface area contributed by atoms with E-state index in [1.807, 2.05) is 6.20 Å². The van der Waals surface area contributed by atoms with Crippen molar-refractivity contribution in [2.24, 2.45) is 0 Å². The fourth-order valence-electron chi connectivity index (χ4n) is 1.32. The van der Waals surface area contributed by atoms with Crippen LogP contribution in [0.15, 0.2) is 24.0 Å². The Bertz CT molecular complexity index is 190. The van der Waals surface area contributed by atoms with Gasteiger partial charge in [-0.3, -0.25) is 5.01 Å². The second-order valence-corrected chi connectivity index (χ2v) is 2.66. The van der Waals surface area contributed by atoms with Crippen molar-refractivity contribution in [3.8, 4) is 0 Å². The zero-order valence-corrected chi connectivity index (χ0v) is 6.42. The van der Waals surface area contributed by atoms with Gasteiger partial charge in [-0.05, 0) is 12.2 Å². The summed E-state index contributed by atoms with van der Waals surface area (Å²) in [7, 11) is 0. The van der Waals surface area contributed by atoms with Crippen molar-refractivity contribution < 1.29 is 4.74 Å². The quantitative estimate of drug-likeness (QED) is 0.596. The second-order valence-electron chi connectivity index (χ2n) is 2.66. The summed E-state index contributed by atoms with van der Waals surface area (Å²) in [5.41, 5.74) is 4.50. The van der Waals surface area contributed by atoms with Crippen LogP contribution in [0.25, 0.3) is 0 Å². The molecule has 0 saturated heterocycles. The molecule has 3 nitrogen and oxygen atoms in total. The van der Waals surface area contributed by atoms with Crippen LogP contribution >= 0.6 is 0 Å². The van der Waals surface area contributed by atoms with Gasteiger partial charge in [0.1, 0.15) is 0 Å². The minimum Gasteiger partial charge on any atom is -0.377 e. The van der Waals surface area contributed by atoms with Crippen molar-refractivity contribution in [1.82, 2.24) is 10.4 Å². The highest BCUT2D eigenvalue weighted by Gasteiger charge is 2.11. The summed E-state index contributed by atoms with van der Waals surface area (Å²) in [6.45, 7) is 2.59. The Morgan fingerprint density at radius 1 is 1.55 bits per heavy atom. The molecule has 3 heteroatoms. The molecule has 0 aliphatic carbocycles. The van der Waals surface area contributed by atoms with Crippen molar-refractivity contribution in [3.05, 3.63) is 24.0 Å².